The molecule has 1 heterocycles. The highest BCUT2D eigenvalue weighted by atomic mass is 35.5. The minimum atomic E-state index is -0.598. The van der Waals surface area contributed by atoms with Crippen LogP contribution in [0.1, 0.15) is 16.7 Å². The molecule has 1 aromatic heterocycles. The van der Waals surface area contributed by atoms with Crippen LogP contribution in [-0.4, -0.2) is 17.1 Å². The summed E-state index contributed by atoms with van der Waals surface area (Å²) in [4.78, 5) is 16.5. The molecule has 0 aliphatic carbocycles. The summed E-state index contributed by atoms with van der Waals surface area (Å²) in [5.41, 5.74) is 5.50. The van der Waals surface area contributed by atoms with Crippen molar-refractivity contribution in [3.63, 3.8) is 0 Å². The lowest BCUT2D eigenvalue weighted by Crippen LogP contribution is -2.19. The van der Waals surface area contributed by atoms with Crippen LogP contribution in [0.25, 0.3) is 17.0 Å². The van der Waals surface area contributed by atoms with Gasteiger partial charge in [0.05, 0.1) is 11.7 Å². The fourth-order valence-corrected chi connectivity index (χ4v) is 2.59. The Morgan fingerprint density at radius 2 is 1.96 bits per heavy atom. The number of fused-ring (bicyclic) bond motifs is 1. The summed E-state index contributed by atoms with van der Waals surface area (Å²) in [5, 5.41) is 14.3. The van der Waals surface area contributed by atoms with E-state index in [0.717, 1.165) is 22.0 Å². The van der Waals surface area contributed by atoms with Gasteiger partial charge in [-0.3, -0.25) is 4.79 Å². The summed E-state index contributed by atoms with van der Waals surface area (Å²) in [6.45, 7) is 1.97. The number of hydrogen-bond acceptors (Lipinski definition) is 4. The molecule has 0 atom stereocenters. The predicted molar refractivity (Wildman–Crippen MR) is 107 cm³/mol. The standard InChI is InChI=1S/C21H15ClN4O/c1-14-6-8-15(9-7-14)10-17(12-23)21(27)26-24-13-18-11-16-4-2-3-5-19(16)25-20(18)22/h2-11,13H,1H3,(H,26,27)/b17-10+,24-13+. The zero-order chi connectivity index (χ0) is 19.2. The lowest BCUT2D eigenvalue weighted by Gasteiger charge is -2.02. The molecule has 0 spiro atoms. The Bertz CT molecular complexity index is 1100. The fraction of sp³-hybridized carbons (Fsp3) is 0.0476. The van der Waals surface area contributed by atoms with Crippen LogP contribution in [-0.2, 0) is 4.79 Å². The van der Waals surface area contributed by atoms with Crippen molar-refractivity contribution in [2.75, 3.05) is 0 Å². The number of amides is 1. The monoisotopic (exact) mass is 374 g/mol. The van der Waals surface area contributed by atoms with Gasteiger partial charge < -0.3 is 0 Å². The Morgan fingerprint density at radius 3 is 2.70 bits per heavy atom. The number of nitriles is 1. The minimum absolute atomic E-state index is 0.0428. The summed E-state index contributed by atoms with van der Waals surface area (Å²) in [5.74, 6) is -0.598. The lowest BCUT2D eigenvalue weighted by atomic mass is 10.1. The SMILES string of the molecule is Cc1ccc(/C=C(\C#N)C(=O)N/N=C/c2cc3ccccc3nc2Cl)cc1. The smallest absolute Gasteiger partial charge is 0.267 e. The number of nitrogens with zero attached hydrogens (tertiary/aromatic N) is 3. The number of nitrogens with one attached hydrogen (secondary N) is 1. The summed E-state index contributed by atoms with van der Waals surface area (Å²) in [7, 11) is 0. The molecule has 1 N–H and O–H groups in total. The van der Waals surface area contributed by atoms with Gasteiger partial charge in [-0.1, -0.05) is 59.6 Å². The van der Waals surface area contributed by atoms with Crippen LogP contribution < -0.4 is 5.43 Å². The molecule has 3 rings (SSSR count). The molecule has 3 aromatic rings. The van der Waals surface area contributed by atoms with Gasteiger partial charge in [-0.15, -0.1) is 0 Å². The van der Waals surface area contributed by atoms with E-state index in [0.29, 0.717) is 5.56 Å². The van der Waals surface area contributed by atoms with Crippen molar-refractivity contribution in [2.45, 2.75) is 6.92 Å². The zero-order valence-electron chi connectivity index (χ0n) is 14.5. The van der Waals surface area contributed by atoms with Crippen molar-refractivity contribution < 1.29 is 4.79 Å². The number of carbonyl (C=O) groups excluding carboxylic acids is 1. The van der Waals surface area contributed by atoms with E-state index in [1.54, 1.807) is 0 Å². The second kappa shape index (κ2) is 8.26. The molecule has 2 aromatic carbocycles. The zero-order valence-corrected chi connectivity index (χ0v) is 15.2. The summed E-state index contributed by atoms with van der Waals surface area (Å²) < 4.78 is 0. The molecule has 27 heavy (non-hydrogen) atoms. The lowest BCUT2D eigenvalue weighted by molar-refractivity contribution is -0.117. The van der Waals surface area contributed by atoms with E-state index in [1.165, 1.54) is 12.3 Å². The van der Waals surface area contributed by atoms with Crippen molar-refractivity contribution in [2.24, 2.45) is 5.10 Å². The average Bonchev–Trinajstić information content (AvgIpc) is 2.67. The Labute approximate surface area is 161 Å². The van der Waals surface area contributed by atoms with Crippen LogP contribution in [0.3, 0.4) is 0 Å². The minimum Gasteiger partial charge on any atom is -0.267 e. The van der Waals surface area contributed by atoms with Crippen LogP contribution in [0.5, 0.6) is 0 Å². The fourth-order valence-electron chi connectivity index (χ4n) is 2.40. The number of halogens is 1. The highest BCUT2D eigenvalue weighted by molar-refractivity contribution is 6.32. The third-order valence-electron chi connectivity index (χ3n) is 3.83. The summed E-state index contributed by atoms with van der Waals surface area (Å²) in [6.07, 6.45) is 2.91. The van der Waals surface area contributed by atoms with E-state index in [9.17, 15) is 10.1 Å². The van der Waals surface area contributed by atoms with Crippen molar-refractivity contribution in [3.05, 3.63) is 82.0 Å². The third-order valence-corrected chi connectivity index (χ3v) is 4.13. The second-order valence-electron chi connectivity index (χ2n) is 5.84. The first kappa shape index (κ1) is 18.3. The van der Waals surface area contributed by atoms with Gasteiger partial charge in [0.1, 0.15) is 16.8 Å². The molecule has 132 valence electrons. The Morgan fingerprint density at radius 1 is 1.22 bits per heavy atom. The van der Waals surface area contributed by atoms with Gasteiger partial charge in [-0.2, -0.15) is 10.4 Å². The first-order valence-corrected chi connectivity index (χ1v) is 8.52. The van der Waals surface area contributed by atoms with Crippen LogP contribution in [0, 0.1) is 18.3 Å². The number of rotatable bonds is 4. The van der Waals surface area contributed by atoms with Crippen molar-refractivity contribution in [1.29, 1.82) is 5.26 Å². The van der Waals surface area contributed by atoms with Crippen molar-refractivity contribution in [1.82, 2.24) is 10.4 Å². The molecule has 0 unspecified atom stereocenters. The molecule has 0 bridgehead atoms. The molecule has 6 heteroatoms. The van der Waals surface area contributed by atoms with Gasteiger partial charge in [-0.05, 0) is 30.7 Å². The van der Waals surface area contributed by atoms with E-state index in [1.807, 2.05) is 67.6 Å². The highest BCUT2D eigenvalue weighted by Crippen LogP contribution is 2.18. The number of benzene rings is 2. The third kappa shape index (κ3) is 4.57. The van der Waals surface area contributed by atoms with Gasteiger partial charge >= 0.3 is 0 Å². The largest absolute Gasteiger partial charge is 0.282 e. The molecule has 0 aliphatic rings. The van der Waals surface area contributed by atoms with E-state index in [2.05, 4.69) is 15.5 Å². The number of pyridine rings is 1. The molecular formula is C21H15ClN4O. The van der Waals surface area contributed by atoms with Crippen LogP contribution in [0.4, 0.5) is 0 Å². The summed E-state index contributed by atoms with van der Waals surface area (Å²) in [6, 6.07) is 18.8. The van der Waals surface area contributed by atoms with Gasteiger partial charge in [0.15, 0.2) is 0 Å². The van der Waals surface area contributed by atoms with Gasteiger partial charge in [0, 0.05) is 10.9 Å². The Balaban J connectivity index is 1.75. The number of para-hydroxylation sites is 1. The number of aryl methyl sites for hydroxylation is 1. The molecule has 1 amide bonds. The molecule has 0 aliphatic heterocycles. The van der Waals surface area contributed by atoms with Crippen LogP contribution >= 0.6 is 11.6 Å². The van der Waals surface area contributed by atoms with Crippen molar-refractivity contribution in [3.8, 4) is 6.07 Å². The van der Waals surface area contributed by atoms with E-state index >= 15 is 0 Å². The number of hydrogen-bond donors (Lipinski definition) is 1. The van der Waals surface area contributed by atoms with E-state index < -0.39 is 5.91 Å². The van der Waals surface area contributed by atoms with Gasteiger partial charge in [-0.25, -0.2) is 10.4 Å². The molecule has 0 saturated heterocycles. The maximum absolute atomic E-state index is 12.2. The Kier molecular flexibility index (Phi) is 5.60. The second-order valence-corrected chi connectivity index (χ2v) is 6.20. The number of hydrazone groups is 1. The maximum atomic E-state index is 12.2. The first-order valence-electron chi connectivity index (χ1n) is 8.14. The van der Waals surface area contributed by atoms with E-state index in [-0.39, 0.29) is 10.7 Å². The molecule has 0 fully saturated rings. The van der Waals surface area contributed by atoms with Gasteiger partial charge in [0.25, 0.3) is 5.91 Å². The number of carbonyl (C=O) groups is 1. The maximum Gasteiger partial charge on any atom is 0.282 e. The molecule has 0 saturated carbocycles. The topological polar surface area (TPSA) is 78.1 Å². The molecule has 0 radical (unpaired) electrons. The normalized spacial score (nSPS) is 11.5. The molecular weight excluding hydrogens is 360 g/mol. The number of aromatic nitrogens is 1. The van der Waals surface area contributed by atoms with Crippen molar-refractivity contribution >= 4 is 40.7 Å². The molecule has 5 nitrogen and oxygen atoms in total. The van der Waals surface area contributed by atoms with Crippen LogP contribution in [0.15, 0.2) is 65.3 Å². The Hall–Kier alpha value is -3.49. The quantitative estimate of drug-likeness (QED) is 0.244. The first-order chi connectivity index (χ1) is 13.1. The van der Waals surface area contributed by atoms with E-state index in [4.69, 9.17) is 11.6 Å². The van der Waals surface area contributed by atoms with Crippen LogP contribution in [0.2, 0.25) is 5.15 Å². The summed E-state index contributed by atoms with van der Waals surface area (Å²) >= 11 is 6.15. The highest BCUT2D eigenvalue weighted by Gasteiger charge is 2.08. The average molecular weight is 375 g/mol. The van der Waals surface area contributed by atoms with Gasteiger partial charge in [0.2, 0.25) is 0 Å². The predicted octanol–water partition coefficient (Wildman–Crippen LogP) is 4.25.